The summed E-state index contributed by atoms with van der Waals surface area (Å²) < 4.78 is 9.31. The van der Waals surface area contributed by atoms with Gasteiger partial charge in [0.2, 0.25) is 0 Å². The zero-order valence-corrected chi connectivity index (χ0v) is 7.82. The maximum Gasteiger partial charge on any atom is 2.00 e. The predicted molar refractivity (Wildman–Crippen MR) is 46.6 cm³/mol. The molecule has 2 heterocycles. The second-order valence-corrected chi connectivity index (χ2v) is 1.76. The van der Waals surface area contributed by atoms with Gasteiger partial charge in [0.1, 0.15) is 13.2 Å². The molecule has 0 fully saturated rings. The zero-order valence-electron chi connectivity index (χ0n) is 8.40. The van der Waals surface area contributed by atoms with Gasteiger partial charge in [0.15, 0.2) is 12.8 Å². The van der Waals surface area contributed by atoms with Gasteiger partial charge in [-0.05, 0) is 0 Å². The van der Waals surface area contributed by atoms with E-state index in [0.29, 0.717) is 0 Å². The SMILES string of the molecule is C1=NCCO1.C1=NCCO1.[H-].[H-].[Mg+2]. The molecule has 0 spiro atoms. The Morgan fingerprint density at radius 3 is 1.55 bits per heavy atom. The van der Waals surface area contributed by atoms with E-state index in [9.17, 15) is 0 Å². The van der Waals surface area contributed by atoms with Crippen molar-refractivity contribution in [3.8, 4) is 0 Å². The molecule has 2 aliphatic rings. The normalized spacial score (nSPS) is 17.5. The molecule has 0 aromatic carbocycles. The van der Waals surface area contributed by atoms with Gasteiger partial charge in [0, 0.05) is 0 Å². The summed E-state index contributed by atoms with van der Waals surface area (Å²) in [5, 5.41) is 0. The van der Waals surface area contributed by atoms with Crippen molar-refractivity contribution in [2.45, 2.75) is 0 Å². The summed E-state index contributed by atoms with van der Waals surface area (Å²) in [7, 11) is 0. The van der Waals surface area contributed by atoms with Gasteiger partial charge in [-0.2, -0.15) is 0 Å². The minimum atomic E-state index is 0. The second-order valence-electron chi connectivity index (χ2n) is 1.76. The van der Waals surface area contributed by atoms with E-state index in [2.05, 4.69) is 19.5 Å². The molecule has 0 saturated heterocycles. The van der Waals surface area contributed by atoms with Gasteiger partial charge in [-0.25, -0.2) is 0 Å². The van der Waals surface area contributed by atoms with E-state index in [0.717, 1.165) is 26.3 Å². The van der Waals surface area contributed by atoms with Crippen LogP contribution in [0.25, 0.3) is 0 Å². The third-order valence-electron chi connectivity index (χ3n) is 0.975. The van der Waals surface area contributed by atoms with Crippen molar-refractivity contribution in [2.24, 2.45) is 9.98 Å². The monoisotopic (exact) mass is 168 g/mol. The quantitative estimate of drug-likeness (QED) is 0.476. The molecule has 0 aliphatic carbocycles. The first kappa shape index (κ1) is 10.7. The van der Waals surface area contributed by atoms with Gasteiger partial charge < -0.3 is 12.3 Å². The van der Waals surface area contributed by atoms with Crippen LogP contribution in [0, 0.1) is 0 Å². The van der Waals surface area contributed by atoms with Crippen LogP contribution in [0.5, 0.6) is 0 Å². The van der Waals surface area contributed by atoms with Crippen molar-refractivity contribution >= 4 is 35.9 Å². The molecule has 0 radical (unpaired) electrons. The summed E-state index contributed by atoms with van der Waals surface area (Å²) in [6.07, 6.45) is 2.97. The number of rotatable bonds is 0. The predicted octanol–water partition coefficient (Wildman–Crippen LogP) is -0.0660. The molecule has 0 atom stereocenters. The number of aliphatic imine (C=N–C) groups is 2. The summed E-state index contributed by atoms with van der Waals surface area (Å²) in [6.45, 7) is 3.25. The molecule has 0 saturated carbocycles. The Labute approximate surface area is 84.8 Å². The molecule has 60 valence electrons. The van der Waals surface area contributed by atoms with Crippen molar-refractivity contribution in [3.63, 3.8) is 0 Å². The molecule has 0 aromatic rings. The molecule has 11 heavy (non-hydrogen) atoms. The Balaban J connectivity index is -0.000000125. The average Bonchev–Trinajstić information content (AvgIpc) is 2.67. The summed E-state index contributed by atoms with van der Waals surface area (Å²) >= 11 is 0. The fraction of sp³-hybridized carbons (Fsp3) is 0.667. The van der Waals surface area contributed by atoms with Gasteiger partial charge in [0.25, 0.3) is 0 Å². The van der Waals surface area contributed by atoms with Crippen molar-refractivity contribution in [1.29, 1.82) is 0 Å². The van der Waals surface area contributed by atoms with Crippen LogP contribution < -0.4 is 0 Å². The van der Waals surface area contributed by atoms with Crippen LogP contribution in [0.2, 0.25) is 0 Å². The summed E-state index contributed by atoms with van der Waals surface area (Å²) in [5.41, 5.74) is 0. The van der Waals surface area contributed by atoms with Gasteiger partial charge in [-0.3, -0.25) is 9.98 Å². The summed E-state index contributed by atoms with van der Waals surface area (Å²) in [5.74, 6) is 0. The van der Waals surface area contributed by atoms with Crippen molar-refractivity contribution in [2.75, 3.05) is 26.3 Å². The number of hydrogen-bond acceptors (Lipinski definition) is 4. The molecule has 0 amide bonds. The van der Waals surface area contributed by atoms with Crippen LogP contribution in [0.1, 0.15) is 2.85 Å². The minimum Gasteiger partial charge on any atom is -1.00 e. The maximum atomic E-state index is 4.65. The molecular formula is C6H12MgN2O2. The van der Waals surface area contributed by atoms with E-state index in [1.165, 1.54) is 12.8 Å². The van der Waals surface area contributed by atoms with Crippen LogP contribution in [0.3, 0.4) is 0 Å². The van der Waals surface area contributed by atoms with Crippen molar-refractivity contribution in [3.05, 3.63) is 0 Å². The molecule has 0 unspecified atom stereocenters. The van der Waals surface area contributed by atoms with Crippen molar-refractivity contribution < 1.29 is 12.3 Å². The third-order valence-corrected chi connectivity index (χ3v) is 0.975. The summed E-state index contributed by atoms with van der Waals surface area (Å²) in [6, 6.07) is 0. The maximum absolute atomic E-state index is 4.65. The van der Waals surface area contributed by atoms with Crippen LogP contribution in [-0.2, 0) is 9.47 Å². The topological polar surface area (TPSA) is 43.2 Å². The Hall–Kier alpha value is -0.294. The van der Waals surface area contributed by atoms with E-state index in [1.54, 1.807) is 0 Å². The van der Waals surface area contributed by atoms with Gasteiger partial charge in [0.05, 0.1) is 13.1 Å². The van der Waals surface area contributed by atoms with Crippen LogP contribution >= 0.6 is 0 Å². The summed E-state index contributed by atoms with van der Waals surface area (Å²) in [4.78, 5) is 7.47. The fourth-order valence-electron chi connectivity index (χ4n) is 0.527. The number of ether oxygens (including phenoxy) is 2. The average molecular weight is 168 g/mol. The first-order valence-corrected chi connectivity index (χ1v) is 3.20. The van der Waals surface area contributed by atoms with E-state index in [1.807, 2.05) is 0 Å². The second kappa shape index (κ2) is 7.81. The van der Waals surface area contributed by atoms with E-state index in [-0.39, 0.29) is 25.9 Å². The van der Waals surface area contributed by atoms with Crippen LogP contribution in [0.15, 0.2) is 9.98 Å². The Morgan fingerprint density at radius 1 is 1.00 bits per heavy atom. The first-order valence-electron chi connectivity index (χ1n) is 3.20. The van der Waals surface area contributed by atoms with E-state index in [4.69, 9.17) is 0 Å². The zero-order chi connectivity index (χ0) is 7.07. The number of hydrogen-bond donors (Lipinski definition) is 0. The third kappa shape index (κ3) is 6.12. The van der Waals surface area contributed by atoms with Gasteiger partial charge in [-0.15, -0.1) is 0 Å². The fourth-order valence-corrected chi connectivity index (χ4v) is 0.527. The van der Waals surface area contributed by atoms with E-state index >= 15 is 0 Å². The Bertz CT molecular complexity index is 119. The minimum absolute atomic E-state index is 0. The standard InChI is InChI=1S/2C3H5NO.Mg.2H/c2*1-2-5-3-4-1;;;/h2*3H,1-2H2;;;/q;;+2;2*-1. The van der Waals surface area contributed by atoms with Crippen LogP contribution in [-0.4, -0.2) is 62.2 Å². The molecule has 0 bridgehead atoms. The largest absolute Gasteiger partial charge is 2.00 e. The molecule has 4 nitrogen and oxygen atoms in total. The van der Waals surface area contributed by atoms with Gasteiger partial charge >= 0.3 is 23.1 Å². The number of nitrogens with zero attached hydrogens (tertiary/aromatic N) is 2. The Morgan fingerprint density at radius 2 is 1.45 bits per heavy atom. The molecule has 0 N–H and O–H groups in total. The van der Waals surface area contributed by atoms with Crippen molar-refractivity contribution in [1.82, 2.24) is 0 Å². The molecule has 5 heteroatoms. The first-order chi connectivity index (χ1) is 5.00. The smallest absolute Gasteiger partial charge is 1.00 e. The molecule has 0 aromatic heterocycles. The molecular weight excluding hydrogens is 156 g/mol. The van der Waals surface area contributed by atoms with Crippen LogP contribution in [0.4, 0.5) is 0 Å². The molecule has 2 aliphatic heterocycles. The van der Waals surface area contributed by atoms with E-state index < -0.39 is 0 Å². The van der Waals surface area contributed by atoms with Gasteiger partial charge in [-0.1, -0.05) is 0 Å². The Kier molecular flexibility index (Phi) is 7.60. The molecule has 2 rings (SSSR count).